The zero-order chi connectivity index (χ0) is 17.3. The molecule has 0 aromatic heterocycles. The quantitative estimate of drug-likeness (QED) is 0.662. The van der Waals surface area contributed by atoms with E-state index >= 15 is 0 Å². The fourth-order valence-corrected chi connectivity index (χ4v) is 2.55. The number of benzene rings is 2. The van der Waals surface area contributed by atoms with Gasteiger partial charge in [0.15, 0.2) is 11.5 Å². The minimum atomic E-state index is -0.587. The number of phenolic OH excluding ortho intramolecular Hbond substituents is 1. The van der Waals surface area contributed by atoms with Crippen LogP contribution in [0, 0.1) is 0 Å². The lowest BCUT2D eigenvalue weighted by Gasteiger charge is -2.11. The highest BCUT2D eigenvalue weighted by molar-refractivity contribution is 6.32. The van der Waals surface area contributed by atoms with Crippen LogP contribution in [0.15, 0.2) is 48.2 Å². The number of methoxy groups -OCH3 is 1. The minimum absolute atomic E-state index is 0.0449. The van der Waals surface area contributed by atoms with E-state index in [4.69, 9.17) is 16.3 Å². The molecule has 1 fully saturated rings. The van der Waals surface area contributed by atoms with Crippen LogP contribution in [-0.4, -0.2) is 24.2 Å². The summed E-state index contributed by atoms with van der Waals surface area (Å²) in [6.45, 7) is 0. The molecule has 0 atom stereocenters. The van der Waals surface area contributed by atoms with Crippen LogP contribution in [0.4, 0.5) is 10.5 Å². The predicted molar refractivity (Wildman–Crippen MR) is 90.1 cm³/mol. The van der Waals surface area contributed by atoms with Crippen LogP contribution in [0.25, 0.3) is 6.08 Å². The topological polar surface area (TPSA) is 78.9 Å². The molecule has 7 heteroatoms. The van der Waals surface area contributed by atoms with E-state index in [-0.39, 0.29) is 17.2 Å². The highest BCUT2D eigenvalue weighted by Crippen LogP contribution is 2.32. The second kappa shape index (κ2) is 6.25. The Balaban J connectivity index is 1.97. The third-order valence-corrected chi connectivity index (χ3v) is 3.73. The highest BCUT2D eigenvalue weighted by atomic mass is 35.5. The molecule has 0 bridgehead atoms. The Bertz CT molecular complexity index is 863. The Kier molecular flexibility index (Phi) is 4.14. The molecule has 0 saturated carbocycles. The lowest BCUT2D eigenvalue weighted by atomic mass is 10.1. The van der Waals surface area contributed by atoms with E-state index < -0.39 is 11.9 Å². The fraction of sp³-hybridized carbons (Fsp3) is 0.0588. The molecule has 2 N–H and O–H groups in total. The van der Waals surface area contributed by atoms with E-state index in [1.807, 2.05) is 0 Å². The predicted octanol–water partition coefficient (Wildman–Crippen LogP) is 3.15. The van der Waals surface area contributed by atoms with Crippen molar-refractivity contribution in [1.82, 2.24) is 5.32 Å². The van der Waals surface area contributed by atoms with Crippen molar-refractivity contribution in [3.05, 3.63) is 58.7 Å². The number of hydrogen-bond acceptors (Lipinski definition) is 4. The number of aromatic hydroxyl groups is 1. The number of imide groups is 1. The smallest absolute Gasteiger partial charge is 0.333 e. The molecule has 2 aromatic carbocycles. The van der Waals surface area contributed by atoms with Gasteiger partial charge in [-0.3, -0.25) is 4.79 Å². The average molecular weight is 345 g/mol. The molecule has 0 radical (unpaired) electrons. The summed E-state index contributed by atoms with van der Waals surface area (Å²) in [7, 11) is 1.43. The van der Waals surface area contributed by atoms with Crippen LogP contribution in [0.2, 0.25) is 5.02 Å². The number of rotatable bonds is 3. The zero-order valence-electron chi connectivity index (χ0n) is 12.6. The molecular weight excluding hydrogens is 332 g/mol. The molecule has 1 aliphatic heterocycles. The number of anilines is 1. The van der Waals surface area contributed by atoms with Gasteiger partial charge in [0.2, 0.25) is 0 Å². The van der Waals surface area contributed by atoms with Crippen molar-refractivity contribution in [1.29, 1.82) is 0 Å². The van der Waals surface area contributed by atoms with E-state index in [0.29, 0.717) is 16.3 Å². The Morgan fingerprint density at radius 3 is 2.67 bits per heavy atom. The first-order valence-corrected chi connectivity index (χ1v) is 7.37. The van der Waals surface area contributed by atoms with E-state index in [2.05, 4.69) is 5.32 Å². The van der Waals surface area contributed by atoms with Gasteiger partial charge in [-0.1, -0.05) is 29.8 Å². The van der Waals surface area contributed by atoms with Crippen LogP contribution in [-0.2, 0) is 4.79 Å². The Labute approximate surface area is 142 Å². The molecule has 1 aliphatic rings. The number of phenols is 1. The molecule has 1 heterocycles. The van der Waals surface area contributed by atoms with Crippen LogP contribution in [0.1, 0.15) is 5.56 Å². The maximum absolute atomic E-state index is 12.5. The normalized spacial score (nSPS) is 15.8. The summed E-state index contributed by atoms with van der Waals surface area (Å²) in [5.41, 5.74) is 0.762. The second-order valence-electron chi connectivity index (χ2n) is 5.01. The van der Waals surface area contributed by atoms with Crippen molar-refractivity contribution in [2.24, 2.45) is 0 Å². The number of carbonyl (C=O) groups excluding carboxylic acids is 2. The number of nitrogens with one attached hydrogen (secondary N) is 1. The molecule has 0 unspecified atom stereocenters. The number of carbonyl (C=O) groups is 2. The Morgan fingerprint density at radius 1 is 1.21 bits per heavy atom. The molecule has 0 aliphatic carbocycles. The van der Waals surface area contributed by atoms with Crippen LogP contribution >= 0.6 is 11.6 Å². The number of halogens is 1. The molecule has 6 nitrogen and oxygen atoms in total. The molecule has 3 rings (SSSR count). The van der Waals surface area contributed by atoms with E-state index in [1.165, 1.54) is 19.3 Å². The minimum Gasteiger partial charge on any atom is -0.504 e. The maximum atomic E-state index is 12.5. The Hall–Kier alpha value is -2.99. The third-order valence-electron chi connectivity index (χ3n) is 3.49. The van der Waals surface area contributed by atoms with Gasteiger partial charge in [0, 0.05) is 10.6 Å². The highest BCUT2D eigenvalue weighted by Gasteiger charge is 2.35. The summed E-state index contributed by atoms with van der Waals surface area (Å²) in [6.07, 6.45) is 1.39. The molecule has 2 aromatic rings. The molecule has 122 valence electrons. The van der Waals surface area contributed by atoms with Gasteiger partial charge in [-0.2, -0.15) is 0 Å². The van der Waals surface area contributed by atoms with Gasteiger partial charge in [-0.05, 0) is 30.3 Å². The van der Waals surface area contributed by atoms with Crippen LogP contribution < -0.4 is 15.0 Å². The second-order valence-corrected chi connectivity index (χ2v) is 5.44. The van der Waals surface area contributed by atoms with Crippen LogP contribution in [0.3, 0.4) is 0 Å². The van der Waals surface area contributed by atoms with Crippen molar-refractivity contribution in [3.8, 4) is 11.5 Å². The van der Waals surface area contributed by atoms with Gasteiger partial charge in [0.05, 0.1) is 12.8 Å². The molecule has 0 spiro atoms. The lowest BCUT2D eigenvalue weighted by Crippen LogP contribution is -2.30. The summed E-state index contributed by atoms with van der Waals surface area (Å²) >= 11 is 5.91. The lowest BCUT2D eigenvalue weighted by molar-refractivity contribution is -0.113. The standard InChI is InChI=1S/C17H13ClN2O4/c1-24-14-7-2-4-10(15(14)21)8-13-16(22)20(17(23)19-13)12-6-3-5-11(18)9-12/h2-9,21H,1H3,(H,19,23)/b13-8-. The molecule has 1 saturated heterocycles. The van der Waals surface area contributed by atoms with E-state index in [1.54, 1.807) is 36.4 Å². The Morgan fingerprint density at radius 2 is 1.96 bits per heavy atom. The first-order chi connectivity index (χ1) is 11.5. The van der Waals surface area contributed by atoms with Gasteiger partial charge in [0.1, 0.15) is 5.70 Å². The summed E-state index contributed by atoms with van der Waals surface area (Å²) < 4.78 is 5.03. The van der Waals surface area contributed by atoms with Gasteiger partial charge in [-0.15, -0.1) is 0 Å². The average Bonchev–Trinajstić information content (AvgIpc) is 2.83. The number of amides is 3. The van der Waals surface area contributed by atoms with Crippen LogP contribution in [0.5, 0.6) is 11.5 Å². The summed E-state index contributed by atoms with van der Waals surface area (Å²) in [5.74, 6) is -0.381. The van der Waals surface area contributed by atoms with Crippen molar-refractivity contribution in [2.45, 2.75) is 0 Å². The van der Waals surface area contributed by atoms with Gasteiger partial charge in [-0.25, -0.2) is 9.69 Å². The monoisotopic (exact) mass is 344 g/mol. The third kappa shape index (κ3) is 2.79. The van der Waals surface area contributed by atoms with Crippen molar-refractivity contribution in [2.75, 3.05) is 12.0 Å². The largest absolute Gasteiger partial charge is 0.504 e. The molecule has 24 heavy (non-hydrogen) atoms. The SMILES string of the molecule is COc1cccc(/C=C2\NC(=O)N(c3cccc(Cl)c3)C2=O)c1O. The number of urea groups is 1. The van der Waals surface area contributed by atoms with Gasteiger partial charge < -0.3 is 15.2 Å². The van der Waals surface area contributed by atoms with Crippen molar-refractivity contribution < 1.29 is 19.4 Å². The maximum Gasteiger partial charge on any atom is 0.333 e. The zero-order valence-corrected chi connectivity index (χ0v) is 13.4. The summed E-state index contributed by atoms with van der Waals surface area (Å²) in [5, 5.41) is 13.0. The summed E-state index contributed by atoms with van der Waals surface area (Å²) in [6, 6.07) is 10.7. The van der Waals surface area contributed by atoms with Gasteiger partial charge in [0.25, 0.3) is 5.91 Å². The molecular formula is C17H13ClN2O4. The van der Waals surface area contributed by atoms with Gasteiger partial charge >= 0.3 is 6.03 Å². The molecule has 3 amide bonds. The van der Waals surface area contributed by atoms with E-state index in [9.17, 15) is 14.7 Å². The first-order valence-electron chi connectivity index (χ1n) is 7.00. The number of nitrogens with zero attached hydrogens (tertiary/aromatic N) is 1. The fourth-order valence-electron chi connectivity index (χ4n) is 2.36. The van der Waals surface area contributed by atoms with Crippen molar-refractivity contribution in [3.63, 3.8) is 0 Å². The van der Waals surface area contributed by atoms with E-state index in [0.717, 1.165) is 4.90 Å². The number of para-hydroxylation sites is 1. The van der Waals surface area contributed by atoms with Crippen molar-refractivity contribution >= 4 is 35.3 Å². The summed E-state index contributed by atoms with van der Waals surface area (Å²) in [4.78, 5) is 25.6. The number of ether oxygens (including phenoxy) is 1. The first kappa shape index (κ1) is 15.9. The number of hydrogen-bond donors (Lipinski definition) is 2.